The Bertz CT molecular complexity index is 408. The smallest absolute Gasteiger partial charge is 0.346 e. The van der Waals surface area contributed by atoms with Gasteiger partial charge in [-0.1, -0.05) is 0 Å². The molecule has 0 atom stereocenters. The Hall–Kier alpha value is -1.85. The highest BCUT2D eigenvalue weighted by Crippen LogP contribution is 2.01. The number of rotatable bonds is 4. The van der Waals surface area contributed by atoms with Crippen LogP contribution in [0.3, 0.4) is 0 Å². The molecule has 0 radical (unpaired) electrons. The summed E-state index contributed by atoms with van der Waals surface area (Å²) in [5, 5.41) is 17.3. The SMILES string of the molecule is Cc1c[n+](CC(=O)O)c(C)n1CC(=O)O. The Labute approximate surface area is 86.4 Å². The van der Waals surface area contributed by atoms with E-state index in [9.17, 15) is 9.59 Å². The van der Waals surface area contributed by atoms with Crippen molar-refractivity contribution < 1.29 is 24.4 Å². The first-order valence-corrected chi connectivity index (χ1v) is 4.41. The molecule has 1 aromatic heterocycles. The van der Waals surface area contributed by atoms with E-state index in [4.69, 9.17) is 10.2 Å². The average molecular weight is 213 g/mol. The molecule has 15 heavy (non-hydrogen) atoms. The summed E-state index contributed by atoms with van der Waals surface area (Å²) < 4.78 is 3.08. The van der Waals surface area contributed by atoms with Crippen molar-refractivity contribution in [1.82, 2.24) is 4.57 Å². The normalized spacial score (nSPS) is 10.3. The van der Waals surface area contributed by atoms with Gasteiger partial charge in [0, 0.05) is 13.8 Å². The number of imidazole rings is 1. The fourth-order valence-corrected chi connectivity index (χ4v) is 1.48. The van der Waals surface area contributed by atoms with Crippen LogP contribution in [0, 0.1) is 13.8 Å². The quantitative estimate of drug-likeness (QED) is 0.664. The van der Waals surface area contributed by atoms with Crippen molar-refractivity contribution >= 4 is 11.9 Å². The summed E-state index contributed by atoms with van der Waals surface area (Å²) >= 11 is 0. The molecule has 0 aliphatic heterocycles. The molecule has 0 amide bonds. The number of aromatic nitrogens is 2. The molecular weight excluding hydrogens is 200 g/mol. The van der Waals surface area contributed by atoms with Crippen LogP contribution in [0.5, 0.6) is 0 Å². The average Bonchev–Trinajstić information content (AvgIpc) is 2.31. The van der Waals surface area contributed by atoms with E-state index in [0.717, 1.165) is 5.69 Å². The molecule has 6 heteroatoms. The number of hydrogen-bond donors (Lipinski definition) is 2. The summed E-state index contributed by atoms with van der Waals surface area (Å²) in [7, 11) is 0. The predicted octanol–water partition coefficient (Wildman–Crippen LogP) is -0.438. The third kappa shape index (κ3) is 2.55. The third-order valence-electron chi connectivity index (χ3n) is 2.17. The van der Waals surface area contributed by atoms with Gasteiger partial charge in [0.25, 0.3) is 5.82 Å². The van der Waals surface area contributed by atoms with Gasteiger partial charge < -0.3 is 10.2 Å². The van der Waals surface area contributed by atoms with Crippen LogP contribution in [0.4, 0.5) is 0 Å². The highest BCUT2D eigenvalue weighted by Gasteiger charge is 2.20. The minimum Gasteiger partial charge on any atom is -0.478 e. The molecule has 0 bridgehead atoms. The van der Waals surface area contributed by atoms with Crippen LogP contribution in [0.25, 0.3) is 0 Å². The van der Waals surface area contributed by atoms with E-state index >= 15 is 0 Å². The first kappa shape index (κ1) is 11.2. The molecule has 0 fully saturated rings. The minimum absolute atomic E-state index is 0.149. The lowest BCUT2D eigenvalue weighted by Gasteiger charge is -1.97. The minimum atomic E-state index is -0.949. The van der Waals surface area contributed by atoms with E-state index in [1.807, 2.05) is 0 Å². The molecule has 6 nitrogen and oxygen atoms in total. The van der Waals surface area contributed by atoms with Gasteiger partial charge in [0.05, 0.1) is 0 Å². The maximum absolute atomic E-state index is 10.6. The molecule has 0 aliphatic carbocycles. The van der Waals surface area contributed by atoms with Gasteiger partial charge in [0.2, 0.25) is 0 Å². The van der Waals surface area contributed by atoms with E-state index in [1.165, 1.54) is 4.57 Å². The first-order chi connectivity index (χ1) is 6.91. The number of carboxylic acid groups (broad SMARTS) is 2. The largest absolute Gasteiger partial charge is 0.478 e. The van der Waals surface area contributed by atoms with Crippen LogP contribution in [0.1, 0.15) is 11.5 Å². The van der Waals surface area contributed by atoms with E-state index in [1.54, 1.807) is 24.6 Å². The fourth-order valence-electron chi connectivity index (χ4n) is 1.48. The van der Waals surface area contributed by atoms with E-state index in [2.05, 4.69) is 0 Å². The lowest BCUT2D eigenvalue weighted by Crippen LogP contribution is -2.39. The van der Waals surface area contributed by atoms with Gasteiger partial charge in [-0.15, -0.1) is 0 Å². The van der Waals surface area contributed by atoms with Crippen LogP contribution in [0.2, 0.25) is 0 Å². The summed E-state index contributed by atoms with van der Waals surface area (Å²) in [5.41, 5.74) is 0.733. The standard InChI is InChI=1S/C9H12N2O4/c1-6-3-10(4-8(12)13)7(2)11(6)5-9(14)15/h3H,4-5H2,1-2H3,(H-,12,13,14,15)/p+1. The summed E-state index contributed by atoms with van der Waals surface area (Å²) in [6.07, 6.45) is 1.63. The van der Waals surface area contributed by atoms with Gasteiger partial charge in [-0.25, -0.2) is 18.7 Å². The fraction of sp³-hybridized carbons (Fsp3) is 0.444. The van der Waals surface area contributed by atoms with Gasteiger partial charge in [-0.05, 0) is 0 Å². The van der Waals surface area contributed by atoms with Crippen LogP contribution < -0.4 is 4.57 Å². The van der Waals surface area contributed by atoms with Crippen molar-refractivity contribution in [3.63, 3.8) is 0 Å². The molecule has 0 aromatic carbocycles. The van der Waals surface area contributed by atoms with Crippen molar-refractivity contribution in [3.05, 3.63) is 17.7 Å². The summed E-state index contributed by atoms with van der Waals surface area (Å²) in [6.45, 7) is 3.14. The van der Waals surface area contributed by atoms with Crippen LogP contribution >= 0.6 is 0 Å². The Balaban J connectivity index is 3.03. The van der Waals surface area contributed by atoms with Gasteiger partial charge in [-0.2, -0.15) is 0 Å². The second-order valence-electron chi connectivity index (χ2n) is 3.32. The Morgan fingerprint density at radius 1 is 1.33 bits per heavy atom. The Kier molecular flexibility index (Phi) is 3.08. The topological polar surface area (TPSA) is 83.4 Å². The number of carbonyl (C=O) groups is 2. The molecule has 0 unspecified atom stereocenters. The molecule has 2 N–H and O–H groups in total. The van der Waals surface area contributed by atoms with Gasteiger partial charge in [0.1, 0.15) is 11.9 Å². The summed E-state index contributed by atoms with van der Waals surface area (Å²) in [4.78, 5) is 21.1. The number of nitrogens with zero attached hydrogens (tertiary/aromatic N) is 2. The highest BCUT2D eigenvalue weighted by molar-refractivity contribution is 5.66. The second kappa shape index (κ2) is 4.12. The van der Waals surface area contributed by atoms with Gasteiger partial charge in [0.15, 0.2) is 13.1 Å². The molecule has 0 aliphatic rings. The van der Waals surface area contributed by atoms with Gasteiger partial charge in [-0.3, -0.25) is 0 Å². The first-order valence-electron chi connectivity index (χ1n) is 4.41. The predicted molar refractivity (Wildman–Crippen MR) is 49.4 cm³/mol. The molecule has 0 saturated heterocycles. The van der Waals surface area contributed by atoms with E-state index < -0.39 is 11.9 Å². The van der Waals surface area contributed by atoms with Crippen molar-refractivity contribution in [1.29, 1.82) is 0 Å². The van der Waals surface area contributed by atoms with Crippen LogP contribution in [-0.4, -0.2) is 26.7 Å². The Morgan fingerprint density at radius 2 is 1.93 bits per heavy atom. The zero-order valence-electron chi connectivity index (χ0n) is 8.60. The molecule has 1 aromatic rings. The Morgan fingerprint density at radius 3 is 2.40 bits per heavy atom. The summed E-state index contributed by atoms with van der Waals surface area (Å²) in [5.74, 6) is -1.27. The zero-order valence-corrected chi connectivity index (χ0v) is 8.60. The summed E-state index contributed by atoms with van der Waals surface area (Å²) in [6, 6.07) is 0. The molecule has 0 saturated carbocycles. The lowest BCUT2D eigenvalue weighted by atomic mass is 10.5. The molecular formula is C9H13N2O4+. The number of carboxylic acids is 2. The molecule has 1 rings (SSSR count). The van der Waals surface area contributed by atoms with Crippen molar-refractivity contribution in [3.8, 4) is 0 Å². The van der Waals surface area contributed by atoms with Crippen LogP contribution in [-0.2, 0) is 22.7 Å². The van der Waals surface area contributed by atoms with Crippen molar-refractivity contribution in [2.24, 2.45) is 0 Å². The molecule has 0 spiro atoms. The lowest BCUT2D eigenvalue weighted by molar-refractivity contribution is -0.691. The number of aryl methyl sites for hydroxylation is 1. The van der Waals surface area contributed by atoms with Gasteiger partial charge >= 0.3 is 11.9 Å². The monoisotopic (exact) mass is 213 g/mol. The third-order valence-corrected chi connectivity index (χ3v) is 2.17. The molecule has 1 heterocycles. The number of aliphatic carboxylic acids is 2. The molecule has 82 valence electrons. The van der Waals surface area contributed by atoms with Crippen LogP contribution in [0.15, 0.2) is 6.20 Å². The maximum atomic E-state index is 10.6. The van der Waals surface area contributed by atoms with Crippen molar-refractivity contribution in [2.75, 3.05) is 0 Å². The van der Waals surface area contributed by atoms with E-state index in [-0.39, 0.29) is 13.1 Å². The maximum Gasteiger partial charge on any atom is 0.346 e. The second-order valence-corrected chi connectivity index (χ2v) is 3.32. The number of hydrogen-bond acceptors (Lipinski definition) is 2. The zero-order chi connectivity index (χ0) is 11.6. The highest BCUT2D eigenvalue weighted by atomic mass is 16.4. The van der Waals surface area contributed by atoms with Crippen molar-refractivity contribution in [2.45, 2.75) is 26.9 Å². The van der Waals surface area contributed by atoms with E-state index in [0.29, 0.717) is 5.82 Å².